The molecule has 0 radical (unpaired) electrons. The first-order valence-corrected chi connectivity index (χ1v) is 5.38. The molecule has 0 unspecified atom stereocenters. The number of halogens is 1. The molecule has 1 aromatic carbocycles. The third-order valence-electron chi connectivity index (χ3n) is 2.24. The lowest BCUT2D eigenvalue weighted by atomic mass is 10.2. The Morgan fingerprint density at radius 2 is 2.00 bits per heavy atom. The van der Waals surface area contributed by atoms with Gasteiger partial charge in [0.15, 0.2) is 11.6 Å². The minimum Gasteiger partial charge on any atom is -0.339 e. The van der Waals surface area contributed by atoms with E-state index >= 15 is 0 Å². The Kier molecular flexibility index (Phi) is 3.41. The van der Waals surface area contributed by atoms with E-state index in [1.165, 1.54) is 6.20 Å². The monoisotopic (exact) mass is 249 g/mol. The van der Waals surface area contributed by atoms with Crippen LogP contribution in [0.3, 0.4) is 0 Å². The van der Waals surface area contributed by atoms with Crippen LogP contribution in [0.1, 0.15) is 5.56 Å². The Hall–Kier alpha value is -1.85. The van der Waals surface area contributed by atoms with Gasteiger partial charge in [0.1, 0.15) is 0 Å². The predicted octanol–water partition coefficient (Wildman–Crippen LogP) is 2.47. The van der Waals surface area contributed by atoms with Gasteiger partial charge in [-0.15, -0.1) is 0 Å². The summed E-state index contributed by atoms with van der Waals surface area (Å²) in [6.45, 7) is 1.98. The summed E-state index contributed by atoms with van der Waals surface area (Å²) in [4.78, 5) is 8.21. The largest absolute Gasteiger partial charge is 0.339 e. The first-order valence-electron chi connectivity index (χ1n) is 5.01. The molecule has 2 rings (SSSR count). The van der Waals surface area contributed by atoms with Gasteiger partial charge in [0.25, 0.3) is 0 Å². The van der Waals surface area contributed by atoms with E-state index in [-0.39, 0.29) is 0 Å². The average molecular weight is 250 g/mol. The highest BCUT2D eigenvalue weighted by Gasteiger charge is 2.02. The van der Waals surface area contributed by atoms with Gasteiger partial charge in [-0.3, -0.25) is 4.98 Å². The Bertz CT molecular complexity index is 529. The first kappa shape index (κ1) is 11.6. The van der Waals surface area contributed by atoms with Gasteiger partial charge in [-0.1, -0.05) is 17.7 Å². The Morgan fingerprint density at radius 3 is 2.76 bits per heavy atom. The molecule has 0 aliphatic heterocycles. The van der Waals surface area contributed by atoms with E-state index in [1.54, 1.807) is 6.20 Å². The zero-order chi connectivity index (χ0) is 12.3. The number of nitrogens with zero attached hydrogens (tertiary/aromatic N) is 2. The smallest absolute Gasteiger partial charge is 0.160 e. The van der Waals surface area contributed by atoms with E-state index in [9.17, 15) is 0 Å². The fraction of sp³-hybridized carbons (Fsp3) is 0.0909. The average Bonchev–Trinajstić information content (AvgIpc) is 2.34. The summed E-state index contributed by atoms with van der Waals surface area (Å²) < 4.78 is 0. The molecule has 0 aliphatic rings. The fourth-order valence-electron chi connectivity index (χ4n) is 1.36. The second-order valence-electron chi connectivity index (χ2n) is 3.52. The zero-order valence-corrected chi connectivity index (χ0v) is 9.99. The molecule has 1 heterocycles. The number of benzene rings is 1. The minimum absolute atomic E-state index is 0.495. The van der Waals surface area contributed by atoms with Crippen molar-refractivity contribution in [3.8, 4) is 0 Å². The summed E-state index contributed by atoms with van der Waals surface area (Å²) >= 11 is 5.93. The molecular weight excluding hydrogens is 238 g/mol. The molecule has 0 fully saturated rings. The zero-order valence-electron chi connectivity index (χ0n) is 9.24. The van der Waals surface area contributed by atoms with Crippen molar-refractivity contribution >= 4 is 28.9 Å². The topological polar surface area (TPSA) is 75.9 Å². The summed E-state index contributed by atoms with van der Waals surface area (Å²) in [6, 6.07) is 5.61. The number of hydrogen-bond donors (Lipinski definition) is 3. The van der Waals surface area contributed by atoms with E-state index < -0.39 is 0 Å². The summed E-state index contributed by atoms with van der Waals surface area (Å²) in [7, 11) is 0. The molecule has 0 amide bonds. The van der Waals surface area contributed by atoms with Gasteiger partial charge < -0.3 is 10.7 Å². The van der Waals surface area contributed by atoms with Crippen LogP contribution >= 0.6 is 11.6 Å². The van der Waals surface area contributed by atoms with Gasteiger partial charge in [-0.25, -0.2) is 10.8 Å². The molecule has 2 aromatic rings. The standard InChI is InChI=1S/C11H12ClN5/c1-7-2-3-8(12)4-9(7)15-10-5-14-6-11(16-10)17-13/h2-6H,13H2,1H3,(H2,15,16,17). The van der Waals surface area contributed by atoms with Crippen molar-refractivity contribution in [3.05, 3.63) is 41.2 Å². The van der Waals surface area contributed by atoms with Crippen molar-refractivity contribution in [2.24, 2.45) is 5.84 Å². The lowest BCUT2D eigenvalue weighted by Crippen LogP contribution is -2.09. The van der Waals surface area contributed by atoms with Gasteiger partial charge in [0.05, 0.1) is 12.4 Å². The molecule has 4 N–H and O–H groups in total. The quantitative estimate of drug-likeness (QED) is 0.576. The number of anilines is 3. The number of aromatic nitrogens is 2. The van der Waals surface area contributed by atoms with Gasteiger partial charge in [-0.2, -0.15) is 0 Å². The van der Waals surface area contributed by atoms with Crippen LogP contribution in [0.2, 0.25) is 5.02 Å². The van der Waals surface area contributed by atoms with Crippen LogP contribution in [-0.2, 0) is 0 Å². The molecule has 88 valence electrons. The summed E-state index contributed by atoms with van der Waals surface area (Å²) in [6.07, 6.45) is 3.15. The molecule has 0 saturated heterocycles. The van der Waals surface area contributed by atoms with E-state index in [2.05, 4.69) is 20.7 Å². The van der Waals surface area contributed by atoms with Crippen molar-refractivity contribution in [1.29, 1.82) is 0 Å². The molecule has 5 nitrogen and oxygen atoms in total. The minimum atomic E-state index is 0.495. The lowest BCUT2D eigenvalue weighted by molar-refractivity contribution is 1.16. The lowest BCUT2D eigenvalue weighted by Gasteiger charge is -2.09. The number of aryl methyl sites for hydroxylation is 1. The molecule has 0 bridgehead atoms. The predicted molar refractivity (Wildman–Crippen MR) is 69.3 cm³/mol. The van der Waals surface area contributed by atoms with Gasteiger partial charge in [-0.05, 0) is 24.6 Å². The van der Waals surface area contributed by atoms with Crippen LogP contribution in [0.4, 0.5) is 17.3 Å². The van der Waals surface area contributed by atoms with Crippen LogP contribution in [0.5, 0.6) is 0 Å². The number of nitrogen functional groups attached to an aromatic ring is 1. The second kappa shape index (κ2) is 4.99. The molecule has 1 aromatic heterocycles. The highest BCUT2D eigenvalue weighted by atomic mass is 35.5. The van der Waals surface area contributed by atoms with Crippen molar-refractivity contribution in [3.63, 3.8) is 0 Å². The van der Waals surface area contributed by atoms with Crippen molar-refractivity contribution in [2.75, 3.05) is 10.7 Å². The van der Waals surface area contributed by atoms with Crippen LogP contribution in [0.15, 0.2) is 30.6 Å². The van der Waals surface area contributed by atoms with E-state index in [0.29, 0.717) is 16.7 Å². The first-order chi connectivity index (χ1) is 8.19. The number of hydrazine groups is 1. The maximum Gasteiger partial charge on any atom is 0.160 e. The Balaban J connectivity index is 2.27. The molecular formula is C11H12ClN5. The van der Waals surface area contributed by atoms with Gasteiger partial charge >= 0.3 is 0 Å². The highest BCUT2D eigenvalue weighted by molar-refractivity contribution is 6.30. The summed E-state index contributed by atoms with van der Waals surface area (Å²) in [5, 5.41) is 3.80. The molecule has 17 heavy (non-hydrogen) atoms. The van der Waals surface area contributed by atoms with E-state index in [0.717, 1.165) is 11.3 Å². The third-order valence-corrected chi connectivity index (χ3v) is 2.48. The van der Waals surface area contributed by atoms with Crippen molar-refractivity contribution in [2.45, 2.75) is 6.92 Å². The normalized spacial score (nSPS) is 10.1. The SMILES string of the molecule is Cc1ccc(Cl)cc1Nc1cncc(NN)n1. The molecule has 6 heteroatoms. The van der Waals surface area contributed by atoms with Gasteiger partial charge in [0.2, 0.25) is 0 Å². The molecule has 0 spiro atoms. The van der Waals surface area contributed by atoms with Crippen LogP contribution < -0.4 is 16.6 Å². The third kappa shape index (κ3) is 2.83. The summed E-state index contributed by atoms with van der Waals surface area (Å²) in [5.74, 6) is 6.36. The Morgan fingerprint density at radius 1 is 1.24 bits per heavy atom. The molecule has 0 atom stereocenters. The Labute approximate surface area is 104 Å². The van der Waals surface area contributed by atoms with Gasteiger partial charge in [0, 0.05) is 10.7 Å². The molecule has 0 aliphatic carbocycles. The van der Waals surface area contributed by atoms with Crippen LogP contribution in [0, 0.1) is 6.92 Å². The number of hydrogen-bond acceptors (Lipinski definition) is 5. The van der Waals surface area contributed by atoms with Crippen LogP contribution in [0.25, 0.3) is 0 Å². The summed E-state index contributed by atoms with van der Waals surface area (Å²) in [5.41, 5.74) is 4.40. The van der Waals surface area contributed by atoms with Crippen molar-refractivity contribution < 1.29 is 0 Å². The van der Waals surface area contributed by atoms with Crippen LogP contribution in [-0.4, -0.2) is 9.97 Å². The number of nitrogens with two attached hydrogens (primary N) is 1. The number of nitrogens with one attached hydrogen (secondary N) is 2. The maximum absolute atomic E-state index is 5.93. The number of rotatable bonds is 3. The maximum atomic E-state index is 5.93. The van der Waals surface area contributed by atoms with E-state index in [4.69, 9.17) is 17.4 Å². The molecule has 0 saturated carbocycles. The second-order valence-corrected chi connectivity index (χ2v) is 3.95. The highest BCUT2D eigenvalue weighted by Crippen LogP contribution is 2.23. The van der Waals surface area contributed by atoms with E-state index in [1.807, 2.05) is 25.1 Å². The van der Waals surface area contributed by atoms with Crippen molar-refractivity contribution in [1.82, 2.24) is 9.97 Å². The fourth-order valence-corrected chi connectivity index (χ4v) is 1.53.